The van der Waals surface area contributed by atoms with Crippen LogP contribution in [0.1, 0.15) is 15.9 Å². The summed E-state index contributed by atoms with van der Waals surface area (Å²) in [4.78, 5) is 23.9. The van der Waals surface area contributed by atoms with Gasteiger partial charge in [-0.1, -0.05) is 12.1 Å². The van der Waals surface area contributed by atoms with Gasteiger partial charge >= 0.3 is 11.9 Å². The van der Waals surface area contributed by atoms with Gasteiger partial charge in [0.2, 0.25) is 0 Å². The van der Waals surface area contributed by atoms with Crippen molar-refractivity contribution in [3.05, 3.63) is 47.5 Å². The first-order valence-corrected chi connectivity index (χ1v) is 7.70. The van der Waals surface area contributed by atoms with Gasteiger partial charge in [-0.05, 0) is 17.7 Å². The molecule has 0 amide bonds. The molecule has 0 aromatic heterocycles. The van der Waals surface area contributed by atoms with E-state index in [-0.39, 0.29) is 29.5 Å². The van der Waals surface area contributed by atoms with Crippen molar-refractivity contribution in [1.82, 2.24) is 0 Å². The summed E-state index contributed by atoms with van der Waals surface area (Å²) in [6, 6.07) is 9.69. The molecule has 0 aliphatic carbocycles. The van der Waals surface area contributed by atoms with Crippen molar-refractivity contribution in [3.8, 4) is 23.0 Å². The number of methoxy groups -OCH3 is 4. The molecule has 0 saturated heterocycles. The molecule has 0 heterocycles. The first kappa shape index (κ1) is 19.1. The maximum absolute atomic E-state index is 12.6. The van der Waals surface area contributed by atoms with Gasteiger partial charge in [0.05, 0.1) is 34.9 Å². The Hall–Kier alpha value is -3.22. The second kappa shape index (κ2) is 8.75. The molecule has 2 rings (SSSR count). The first-order valence-electron chi connectivity index (χ1n) is 7.70. The predicted molar refractivity (Wildman–Crippen MR) is 93.2 cm³/mol. The summed E-state index contributed by atoms with van der Waals surface area (Å²) >= 11 is 0. The highest BCUT2D eigenvalue weighted by Gasteiger charge is 2.22. The highest BCUT2D eigenvalue weighted by atomic mass is 16.5. The Morgan fingerprint density at radius 2 is 1.38 bits per heavy atom. The van der Waals surface area contributed by atoms with Crippen LogP contribution >= 0.6 is 0 Å². The van der Waals surface area contributed by atoms with E-state index in [1.54, 1.807) is 36.4 Å². The lowest BCUT2D eigenvalue weighted by Crippen LogP contribution is -2.12. The van der Waals surface area contributed by atoms with E-state index in [0.29, 0.717) is 11.5 Å². The Bertz CT molecular complexity index is 756. The predicted octanol–water partition coefficient (Wildman–Crippen LogP) is 2.65. The Kier molecular flexibility index (Phi) is 6.43. The minimum Gasteiger partial charge on any atom is -0.496 e. The molecular formula is C19H20O7. The zero-order valence-corrected chi connectivity index (χ0v) is 15.0. The van der Waals surface area contributed by atoms with E-state index in [2.05, 4.69) is 4.74 Å². The van der Waals surface area contributed by atoms with Crippen LogP contribution in [-0.4, -0.2) is 40.4 Å². The molecule has 0 atom stereocenters. The summed E-state index contributed by atoms with van der Waals surface area (Å²) in [6.07, 6.45) is 0.144. The van der Waals surface area contributed by atoms with Crippen molar-refractivity contribution in [1.29, 1.82) is 0 Å². The average Bonchev–Trinajstić information content (AvgIpc) is 2.67. The molecule has 0 spiro atoms. The normalized spacial score (nSPS) is 10.0. The summed E-state index contributed by atoms with van der Waals surface area (Å²) in [5, 5.41) is 0. The zero-order chi connectivity index (χ0) is 19.1. The number of rotatable bonds is 7. The van der Waals surface area contributed by atoms with Gasteiger partial charge in [0, 0.05) is 12.1 Å². The van der Waals surface area contributed by atoms with Gasteiger partial charge in [-0.2, -0.15) is 0 Å². The van der Waals surface area contributed by atoms with Crippen LogP contribution in [0.4, 0.5) is 0 Å². The van der Waals surface area contributed by atoms with E-state index in [0.717, 1.165) is 5.56 Å². The van der Waals surface area contributed by atoms with Crippen molar-refractivity contribution in [2.45, 2.75) is 6.42 Å². The number of ether oxygens (including phenoxy) is 5. The molecule has 0 unspecified atom stereocenters. The molecule has 7 heteroatoms. The van der Waals surface area contributed by atoms with Crippen LogP contribution in [0.2, 0.25) is 0 Å². The van der Waals surface area contributed by atoms with Gasteiger partial charge in [0.1, 0.15) is 28.6 Å². The van der Waals surface area contributed by atoms with E-state index >= 15 is 0 Å². The van der Waals surface area contributed by atoms with Gasteiger partial charge < -0.3 is 23.7 Å². The quantitative estimate of drug-likeness (QED) is 0.555. The van der Waals surface area contributed by atoms with E-state index in [9.17, 15) is 9.59 Å². The number of carbonyl (C=O) groups excluding carboxylic acids is 2. The summed E-state index contributed by atoms with van der Waals surface area (Å²) in [7, 11) is 5.70. The standard InChI is InChI=1S/C19H20O7/c1-22-14-10-15(23-2)18(16(11-14)24-3)19(21)26-13-7-5-12(6-8-13)9-17(20)25-4/h5-8,10-11H,9H2,1-4H3. The summed E-state index contributed by atoms with van der Waals surface area (Å²) in [5.74, 6) is 0.373. The highest BCUT2D eigenvalue weighted by molar-refractivity contribution is 5.97. The Morgan fingerprint density at radius 3 is 1.85 bits per heavy atom. The fraction of sp³-hybridized carbons (Fsp3) is 0.263. The van der Waals surface area contributed by atoms with Crippen molar-refractivity contribution in [2.75, 3.05) is 28.4 Å². The molecule has 138 valence electrons. The summed E-state index contributed by atoms with van der Waals surface area (Å²) < 4.78 is 25.7. The topological polar surface area (TPSA) is 80.3 Å². The molecule has 0 aliphatic heterocycles. The molecule has 0 aliphatic rings. The SMILES string of the molecule is COC(=O)Cc1ccc(OC(=O)c2c(OC)cc(OC)cc2OC)cc1. The number of benzene rings is 2. The monoisotopic (exact) mass is 360 g/mol. The molecule has 0 bridgehead atoms. The average molecular weight is 360 g/mol. The maximum Gasteiger partial charge on any atom is 0.351 e. The van der Waals surface area contributed by atoms with Crippen molar-refractivity contribution >= 4 is 11.9 Å². The van der Waals surface area contributed by atoms with Crippen molar-refractivity contribution in [2.24, 2.45) is 0 Å². The minimum atomic E-state index is -0.637. The summed E-state index contributed by atoms with van der Waals surface area (Å²) in [6.45, 7) is 0. The van der Waals surface area contributed by atoms with Crippen molar-refractivity contribution < 1.29 is 33.3 Å². The van der Waals surface area contributed by atoms with Gasteiger partial charge in [-0.15, -0.1) is 0 Å². The largest absolute Gasteiger partial charge is 0.496 e. The van der Waals surface area contributed by atoms with Gasteiger partial charge in [0.25, 0.3) is 0 Å². The lowest BCUT2D eigenvalue weighted by Gasteiger charge is -2.14. The molecule has 0 radical (unpaired) electrons. The van der Waals surface area contributed by atoms with E-state index in [4.69, 9.17) is 18.9 Å². The maximum atomic E-state index is 12.6. The van der Waals surface area contributed by atoms with E-state index in [1.165, 1.54) is 28.4 Å². The third-order valence-corrected chi connectivity index (χ3v) is 3.63. The third kappa shape index (κ3) is 4.44. The van der Waals surface area contributed by atoms with Crippen LogP contribution in [0.25, 0.3) is 0 Å². The fourth-order valence-electron chi connectivity index (χ4n) is 2.28. The molecule has 2 aromatic rings. The van der Waals surface area contributed by atoms with Crippen LogP contribution in [0.5, 0.6) is 23.0 Å². The van der Waals surface area contributed by atoms with Crippen LogP contribution in [0, 0.1) is 0 Å². The number of carbonyl (C=O) groups is 2. The Morgan fingerprint density at radius 1 is 0.808 bits per heavy atom. The Labute approximate surface area is 151 Å². The summed E-state index contributed by atoms with van der Waals surface area (Å²) in [5.41, 5.74) is 0.894. The molecule has 0 fully saturated rings. The van der Waals surface area contributed by atoms with Crippen LogP contribution in [0.15, 0.2) is 36.4 Å². The first-order chi connectivity index (χ1) is 12.5. The van der Waals surface area contributed by atoms with Crippen LogP contribution in [0.3, 0.4) is 0 Å². The van der Waals surface area contributed by atoms with Crippen LogP contribution in [-0.2, 0) is 16.0 Å². The van der Waals surface area contributed by atoms with E-state index in [1.807, 2.05) is 0 Å². The van der Waals surface area contributed by atoms with Crippen molar-refractivity contribution in [3.63, 3.8) is 0 Å². The molecule has 7 nitrogen and oxygen atoms in total. The fourth-order valence-corrected chi connectivity index (χ4v) is 2.28. The van der Waals surface area contributed by atoms with E-state index < -0.39 is 5.97 Å². The smallest absolute Gasteiger partial charge is 0.351 e. The number of hydrogen-bond acceptors (Lipinski definition) is 7. The number of esters is 2. The second-order valence-electron chi connectivity index (χ2n) is 5.19. The molecule has 0 N–H and O–H groups in total. The molecule has 0 saturated carbocycles. The molecular weight excluding hydrogens is 340 g/mol. The Balaban J connectivity index is 2.23. The lowest BCUT2D eigenvalue weighted by atomic mass is 10.1. The molecule has 26 heavy (non-hydrogen) atoms. The van der Waals surface area contributed by atoms with Crippen LogP contribution < -0.4 is 18.9 Å². The minimum absolute atomic E-state index is 0.144. The zero-order valence-electron chi connectivity index (χ0n) is 15.0. The van der Waals surface area contributed by atoms with Gasteiger partial charge in [-0.3, -0.25) is 4.79 Å². The van der Waals surface area contributed by atoms with Gasteiger partial charge in [-0.25, -0.2) is 4.79 Å². The third-order valence-electron chi connectivity index (χ3n) is 3.63. The number of hydrogen-bond donors (Lipinski definition) is 0. The van der Waals surface area contributed by atoms with Gasteiger partial charge in [0.15, 0.2) is 0 Å². The highest BCUT2D eigenvalue weighted by Crippen LogP contribution is 2.34. The molecule has 2 aromatic carbocycles. The second-order valence-corrected chi connectivity index (χ2v) is 5.19. The lowest BCUT2D eigenvalue weighted by molar-refractivity contribution is -0.139.